The molecule has 20 heavy (non-hydrogen) atoms. The van der Waals surface area contributed by atoms with Crippen LogP contribution in [0.25, 0.3) is 0 Å². The Hall–Kier alpha value is -0.940. The molecule has 1 rings (SSSR count). The highest BCUT2D eigenvalue weighted by atomic mass is 15.4. The summed E-state index contributed by atoms with van der Waals surface area (Å²) in [5.41, 5.74) is 0. The molecular weight excluding hydrogens is 250 g/mol. The maximum atomic E-state index is 3.94. The first kappa shape index (κ1) is 19.1. The molecule has 0 saturated heterocycles. The lowest BCUT2D eigenvalue weighted by molar-refractivity contribution is 0.514. The summed E-state index contributed by atoms with van der Waals surface area (Å²) >= 11 is 0. The molecule has 1 aromatic rings. The fourth-order valence-electron chi connectivity index (χ4n) is 1.91. The zero-order valence-corrected chi connectivity index (χ0v) is 13.6. The number of nitrogens with one attached hydrogen (secondary N) is 2. The topological polar surface area (TPSA) is 54.8 Å². The first-order valence-corrected chi connectivity index (χ1v) is 8.13. The van der Waals surface area contributed by atoms with Crippen LogP contribution in [0, 0.1) is 0 Å². The second kappa shape index (κ2) is 16.1. The van der Waals surface area contributed by atoms with Crippen LogP contribution in [0.3, 0.4) is 0 Å². The summed E-state index contributed by atoms with van der Waals surface area (Å²) in [4.78, 5) is 0. The van der Waals surface area contributed by atoms with Crippen molar-refractivity contribution in [1.29, 1.82) is 0 Å². The van der Waals surface area contributed by atoms with Gasteiger partial charge in [0.25, 0.3) is 0 Å². The zero-order valence-electron chi connectivity index (χ0n) is 13.6. The highest BCUT2D eigenvalue weighted by molar-refractivity contribution is 4.63. The van der Waals surface area contributed by atoms with Crippen LogP contribution in [-0.4, -0.2) is 41.7 Å². The molecule has 0 unspecified atom stereocenters. The summed E-state index contributed by atoms with van der Waals surface area (Å²) in [6.45, 7) is 8.40. The maximum Gasteiger partial charge on any atom is 0.0692 e. The number of rotatable bonds is 12. The molecule has 0 aliphatic heterocycles. The second-order valence-electron chi connectivity index (χ2n) is 4.64. The monoisotopic (exact) mass is 283 g/mol. The lowest BCUT2D eigenvalue weighted by Gasteiger charge is -2.05. The first-order valence-electron chi connectivity index (χ1n) is 8.13. The largest absolute Gasteiger partial charge is 0.320 e. The average Bonchev–Trinajstić information content (AvgIpc) is 3.00. The van der Waals surface area contributed by atoms with Crippen molar-refractivity contribution in [2.24, 2.45) is 0 Å². The predicted octanol–water partition coefficient (Wildman–Crippen LogP) is 2.45. The fraction of sp³-hybridized carbons (Fsp3) is 0.867. The van der Waals surface area contributed by atoms with Crippen molar-refractivity contribution in [1.82, 2.24) is 25.6 Å². The highest BCUT2D eigenvalue weighted by Crippen LogP contribution is 1.98. The number of nitrogens with zero attached hydrogens (tertiary/aromatic N) is 3. The molecule has 1 aromatic heterocycles. The zero-order chi connectivity index (χ0) is 14.9. The van der Waals surface area contributed by atoms with Gasteiger partial charge in [0, 0.05) is 12.7 Å². The molecule has 0 aliphatic rings. The van der Waals surface area contributed by atoms with Crippen molar-refractivity contribution in [3.8, 4) is 0 Å². The van der Waals surface area contributed by atoms with Gasteiger partial charge in [-0.25, -0.2) is 0 Å². The van der Waals surface area contributed by atoms with Gasteiger partial charge in [0.05, 0.1) is 6.20 Å². The average molecular weight is 283 g/mol. The molecule has 0 aliphatic carbocycles. The Morgan fingerprint density at radius 3 is 2.15 bits per heavy atom. The van der Waals surface area contributed by atoms with Crippen molar-refractivity contribution in [2.75, 3.05) is 26.7 Å². The van der Waals surface area contributed by atoms with Gasteiger partial charge in [0.2, 0.25) is 0 Å². The number of hydrogen-bond donors (Lipinski definition) is 2. The minimum Gasteiger partial charge on any atom is -0.320 e. The van der Waals surface area contributed by atoms with E-state index in [0.29, 0.717) is 0 Å². The quantitative estimate of drug-likeness (QED) is 0.579. The van der Waals surface area contributed by atoms with Gasteiger partial charge >= 0.3 is 0 Å². The van der Waals surface area contributed by atoms with Gasteiger partial charge in [-0.1, -0.05) is 31.9 Å². The van der Waals surface area contributed by atoms with E-state index in [1.54, 1.807) is 6.20 Å². The fourth-order valence-corrected chi connectivity index (χ4v) is 1.91. The van der Waals surface area contributed by atoms with Crippen LogP contribution in [0.15, 0.2) is 12.4 Å². The number of hydrogen-bond acceptors (Lipinski definition) is 4. The Morgan fingerprint density at radius 1 is 0.900 bits per heavy atom. The second-order valence-corrected chi connectivity index (χ2v) is 4.64. The smallest absolute Gasteiger partial charge is 0.0692 e. The Labute approximate surface area is 124 Å². The molecule has 1 heterocycles. The van der Waals surface area contributed by atoms with Crippen LogP contribution < -0.4 is 10.6 Å². The number of aromatic nitrogens is 3. The summed E-state index contributed by atoms with van der Waals surface area (Å²) in [5.74, 6) is 0. The third kappa shape index (κ3) is 12.1. The normalized spacial score (nSPS) is 10.2. The molecule has 0 saturated carbocycles. The van der Waals surface area contributed by atoms with E-state index in [4.69, 9.17) is 0 Å². The van der Waals surface area contributed by atoms with E-state index in [0.717, 1.165) is 26.2 Å². The van der Waals surface area contributed by atoms with E-state index in [1.165, 1.54) is 38.5 Å². The van der Waals surface area contributed by atoms with Crippen LogP contribution in [0.4, 0.5) is 0 Å². The van der Waals surface area contributed by atoms with E-state index in [9.17, 15) is 0 Å². The van der Waals surface area contributed by atoms with Crippen LogP contribution >= 0.6 is 0 Å². The Morgan fingerprint density at radius 2 is 1.55 bits per heavy atom. The van der Waals surface area contributed by atoms with E-state index >= 15 is 0 Å². The van der Waals surface area contributed by atoms with Gasteiger partial charge in [-0.15, -0.1) is 5.10 Å². The predicted molar refractivity (Wildman–Crippen MR) is 85.9 cm³/mol. The molecule has 118 valence electrons. The third-order valence-corrected chi connectivity index (χ3v) is 2.99. The number of unbranched alkanes of at least 4 members (excludes halogenated alkanes) is 4. The van der Waals surface area contributed by atoms with Crippen molar-refractivity contribution in [3.05, 3.63) is 12.4 Å². The summed E-state index contributed by atoms with van der Waals surface area (Å²) < 4.78 is 1.89. The first-order chi connectivity index (χ1) is 9.93. The molecule has 0 radical (unpaired) electrons. The van der Waals surface area contributed by atoms with Gasteiger partial charge in [-0.05, 0) is 52.4 Å². The van der Waals surface area contributed by atoms with Crippen molar-refractivity contribution >= 4 is 0 Å². The van der Waals surface area contributed by atoms with Crippen molar-refractivity contribution in [3.63, 3.8) is 0 Å². The van der Waals surface area contributed by atoms with Gasteiger partial charge in [-0.2, -0.15) is 0 Å². The van der Waals surface area contributed by atoms with E-state index in [2.05, 4.69) is 20.9 Å². The molecular formula is C15H33N5. The minimum atomic E-state index is 0.978. The number of aryl methyl sites for hydroxylation is 1. The molecule has 0 fully saturated rings. The summed E-state index contributed by atoms with van der Waals surface area (Å²) in [7, 11) is 2.01. The maximum absolute atomic E-state index is 3.94. The summed E-state index contributed by atoms with van der Waals surface area (Å²) in [6, 6.07) is 0. The molecule has 0 amide bonds. The molecule has 0 spiro atoms. The van der Waals surface area contributed by atoms with Crippen LogP contribution in [0.2, 0.25) is 0 Å². The summed E-state index contributed by atoms with van der Waals surface area (Å²) in [6.07, 6.45) is 11.3. The Balaban J connectivity index is 0.00000172. The van der Waals surface area contributed by atoms with Crippen LogP contribution in [0.1, 0.15) is 52.4 Å². The van der Waals surface area contributed by atoms with Crippen LogP contribution in [-0.2, 0) is 6.54 Å². The molecule has 2 N–H and O–H groups in total. The van der Waals surface area contributed by atoms with E-state index in [-0.39, 0.29) is 0 Å². The van der Waals surface area contributed by atoms with Crippen LogP contribution in [0.5, 0.6) is 0 Å². The molecule has 0 atom stereocenters. The van der Waals surface area contributed by atoms with Gasteiger partial charge in [0.15, 0.2) is 0 Å². The lowest BCUT2D eigenvalue weighted by Crippen LogP contribution is -2.17. The van der Waals surface area contributed by atoms with E-state index in [1.807, 2.05) is 31.8 Å². The highest BCUT2D eigenvalue weighted by Gasteiger charge is 1.93. The SMILES string of the molecule is CC.CNCCCCCCNCCCCn1ccnn1. The summed E-state index contributed by atoms with van der Waals surface area (Å²) in [5, 5.41) is 14.4. The molecule has 0 bridgehead atoms. The Bertz CT molecular complexity index is 261. The third-order valence-electron chi connectivity index (χ3n) is 2.99. The standard InChI is InChI=1S/C13H27N5.C2H6/c1-14-8-4-2-3-5-9-15-10-6-7-12-18-13-11-16-17-18;1-2/h11,13-15H,2-10,12H2,1H3;1-2H3. The molecule has 0 aromatic carbocycles. The Kier molecular flexibility index (Phi) is 15.4. The van der Waals surface area contributed by atoms with Gasteiger partial charge in [0.1, 0.15) is 0 Å². The minimum absolute atomic E-state index is 0.978. The lowest BCUT2D eigenvalue weighted by atomic mass is 10.2. The molecule has 5 heteroatoms. The van der Waals surface area contributed by atoms with Crippen molar-refractivity contribution in [2.45, 2.75) is 58.9 Å². The van der Waals surface area contributed by atoms with E-state index < -0.39 is 0 Å². The van der Waals surface area contributed by atoms with Gasteiger partial charge in [-0.3, -0.25) is 4.68 Å². The van der Waals surface area contributed by atoms with Crippen molar-refractivity contribution < 1.29 is 0 Å². The molecule has 5 nitrogen and oxygen atoms in total. The van der Waals surface area contributed by atoms with Gasteiger partial charge < -0.3 is 10.6 Å².